The zero-order valence-corrected chi connectivity index (χ0v) is 20.7. The molecule has 11 nitrogen and oxygen atoms in total. The van der Waals surface area contributed by atoms with Gasteiger partial charge in [-0.15, -0.1) is 5.10 Å². The molecule has 0 atom stereocenters. The number of carbonyl (C=O) groups excluding carboxylic acids is 1. The van der Waals surface area contributed by atoms with Crippen molar-refractivity contribution in [1.82, 2.24) is 30.7 Å². The molecule has 0 fully saturated rings. The molecule has 0 unspecified atom stereocenters. The van der Waals surface area contributed by atoms with E-state index in [0.717, 1.165) is 25.1 Å². The third-order valence-electron chi connectivity index (χ3n) is 5.88. The highest BCUT2D eigenvalue weighted by Crippen LogP contribution is 2.29. The van der Waals surface area contributed by atoms with Gasteiger partial charge >= 0.3 is 0 Å². The molecule has 0 spiro atoms. The highest BCUT2D eigenvalue weighted by atomic mass is 35.5. The van der Waals surface area contributed by atoms with Gasteiger partial charge in [0.25, 0.3) is 5.91 Å². The number of rotatable bonds is 6. The second-order valence-corrected chi connectivity index (χ2v) is 9.00. The predicted molar refractivity (Wildman–Crippen MR) is 136 cm³/mol. The lowest BCUT2D eigenvalue weighted by Gasteiger charge is -2.31. The SMILES string of the molecule is C/C(=N\NC(=O)c1nnn(-c2nonc2N)c1CN1CCCc2ccccc21)c1ccc(Cl)c(Cl)c1. The highest BCUT2D eigenvalue weighted by Gasteiger charge is 2.27. The van der Waals surface area contributed by atoms with E-state index in [0.29, 0.717) is 33.6 Å². The largest absolute Gasteiger partial charge is 0.378 e. The summed E-state index contributed by atoms with van der Waals surface area (Å²) in [5.74, 6) is -0.367. The van der Waals surface area contributed by atoms with E-state index < -0.39 is 5.91 Å². The highest BCUT2D eigenvalue weighted by molar-refractivity contribution is 6.42. The lowest BCUT2D eigenvalue weighted by atomic mass is 10.0. The van der Waals surface area contributed by atoms with Crippen LogP contribution < -0.4 is 16.1 Å². The molecule has 2 aromatic heterocycles. The van der Waals surface area contributed by atoms with Gasteiger partial charge in [0, 0.05) is 12.2 Å². The Morgan fingerprint density at radius 1 is 1.19 bits per heavy atom. The molecule has 0 saturated heterocycles. The van der Waals surface area contributed by atoms with Gasteiger partial charge in [-0.25, -0.2) is 10.1 Å². The fourth-order valence-electron chi connectivity index (χ4n) is 4.06. The summed E-state index contributed by atoms with van der Waals surface area (Å²) in [6.45, 7) is 2.86. The molecule has 13 heteroatoms. The lowest BCUT2D eigenvalue weighted by Crippen LogP contribution is -2.31. The fourth-order valence-corrected chi connectivity index (χ4v) is 4.36. The summed E-state index contributed by atoms with van der Waals surface area (Å²) < 4.78 is 6.12. The monoisotopic (exact) mass is 525 g/mol. The minimum Gasteiger partial charge on any atom is -0.378 e. The number of hydrazone groups is 1. The van der Waals surface area contributed by atoms with Crippen LogP contribution in [0.15, 0.2) is 52.2 Å². The van der Waals surface area contributed by atoms with E-state index in [4.69, 9.17) is 33.6 Å². The van der Waals surface area contributed by atoms with Crippen LogP contribution in [0.4, 0.5) is 11.5 Å². The van der Waals surface area contributed by atoms with Crippen LogP contribution in [0.5, 0.6) is 0 Å². The molecule has 184 valence electrons. The van der Waals surface area contributed by atoms with Crippen molar-refractivity contribution < 1.29 is 9.42 Å². The van der Waals surface area contributed by atoms with E-state index in [9.17, 15) is 4.79 Å². The third-order valence-corrected chi connectivity index (χ3v) is 6.62. The standard InChI is InChI=1S/C23H21Cl2N9O2/c1-13(15-8-9-16(24)17(25)11-15)27-29-23(35)20-19(34(32-28-20)22-21(26)30-36-31-22)12-33-10-4-6-14-5-2-3-7-18(14)33/h2-3,5,7-9,11H,4,6,10,12H2,1H3,(H2,26,30)(H,29,35)/b27-13+. The number of aryl methyl sites for hydroxylation is 1. The number of hydrogen-bond acceptors (Lipinski definition) is 9. The summed E-state index contributed by atoms with van der Waals surface area (Å²) in [6.07, 6.45) is 1.96. The molecule has 3 heterocycles. The molecule has 0 aliphatic carbocycles. The maximum Gasteiger partial charge on any atom is 0.293 e. The Morgan fingerprint density at radius 2 is 2.03 bits per heavy atom. The molecule has 5 rings (SSSR count). The van der Waals surface area contributed by atoms with Crippen molar-refractivity contribution in [2.75, 3.05) is 17.2 Å². The second kappa shape index (κ2) is 9.96. The molecular formula is C23H21Cl2N9O2. The van der Waals surface area contributed by atoms with Crippen molar-refractivity contribution in [3.8, 4) is 5.82 Å². The summed E-state index contributed by atoms with van der Waals surface area (Å²) in [6, 6.07) is 13.3. The Kier molecular flexibility index (Phi) is 6.57. The van der Waals surface area contributed by atoms with Crippen LogP contribution >= 0.6 is 23.2 Å². The molecule has 1 aliphatic rings. The Bertz CT molecular complexity index is 1460. The molecular weight excluding hydrogens is 505 g/mol. The molecule has 1 aliphatic heterocycles. The number of halogens is 2. The number of hydrogen-bond donors (Lipinski definition) is 2. The van der Waals surface area contributed by atoms with Crippen molar-refractivity contribution in [3.05, 3.63) is 75.0 Å². The van der Waals surface area contributed by atoms with Gasteiger partial charge in [0.05, 0.1) is 28.0 Å². The van der Waals surface area contributed by atoms with Gasteiger partial charge < -0.3 is 10.6 Å². The fraction of sp³-hybridized carbons (Fsp3) is 0.217. The van der Waals surface area contributed by atoms with Crippen LogP contribution in [0.1, 0.15) is 40.7 Å². The number of nitrogens with zero attached hydrogens (tertiary/aromatic N) is 7. The van der Waals surface area contributed by atoms with Crippen LogP contribution in [0, 0.1) is 0 Å². The molecule has 3 N–H and O–H groups in total. The Labute approximate surface area is 215 Å². The van der Waals surface area contributed by atoms with Gasteiger partial charge in [-0.2, -0.15) is 9.78 Å². The Morgan fingerprint density at radius 3 is 2.81 bits per heavy atom. The number of nitrogens with one attached hydrogen (secondary N) is 1. The quantitative estimate of drug-likeness (QED) is 0.287. The number of nitrogens with two attached hydrogens (primary N) is 1. The number of nitrogen functional groups attached to an aromatic ring is 1. The number of aromatic nitrogens is 5. The van der Waals surface area contributed by atoms with E-state index in [-0.39, 0.29) is 17.3 Å². The second-order valence-electron chi connectivity index (χ2n) is 8.19. The number of benzene rings is 2. The van der Waals surface area contributed by atoms with Crippen molar-refractivity contribution in [3.63, 3.8) is 0 Å². The summed E-state index contributed by atoms with van der Waals surface area (Å²) >= 11 is 12.1. The van der Waals surface area contributed by atoms with Crippen LogP contribution in [-0.4, -0.2) is 43.5 Å². The maximum absolute atomic E-state index is 13.2. The van der Waals surface area contributed by atoms with Gasteiger partial charge in [0.2, 0.25) is 11.6 Å². The summed E-state index contributed by atoms with van der Waals surface area (Å²) in [4.78, 5) is 15.4. The summed E-state index contributed by atoms with van der Waals surface area (Å²) in [5, 5.41) is 20.7. The Hall–Kier alpha value is -3.96. The molecule has 36 heavy (non-hydrogen) atoms. The zero-order valence-electron chi connectivity index (χ0n) is 19.2. The van der Waals surface area contributed by atoms with Gasteiger partial charge in [-0.3, -0.25) is 4.79 Å². The summed E-state index contributed by atoms with van der Waals surface area (Å²) in [5.41, 5.74) is 12.6. The van der Waals surface area contributed by atoms with E-state index in [1.54, 1.807) is 25.1 Å². The molecule has 0 saturated carbocycles. The van der Waals surface area contributed by atoms with Crippen molar-refractivity contribution in [2.45, 2.75) is 26.3 Å². The molecule has 0 radical (unpaired) electrons. The van der Waals surface area contributed by atoms with Gasteiger partial charge in [-0.05, 0) is 59.4 Å². The first-order valence-electron chi connectivity index (χ1n) is 11.1. The minimum atomic E-state index is -0.545. The van der Waals surface area contributed by atoms with Crippen LogP contribution in [-0.2, 0) is 13.0 Å². The van der Waals surface area contributed by atoms with Crippen molar-refractivity contribution in [2.24, 2.45) is 5.10 Å². The average Bonchev–Trinajstić information content (AvgIpc) is 3.49. The van der Waals surface area contributed by atoms with Crippen LogP contribution in [0.3, 0.4) is 0 Å². The first kappa shape index (κ1) is 23.8. The molecule has 4 aromatic rings. The smallest absolute Gasteiger partial charge is 0.293 e. The normalized spacial score (nSPS) is 13.5. The van der Waals surface area contributed by atoms with Crippen molar-refractivity contribution in [1.29, 1.82) is 0 Å². The van der Waals surface area contributed by atoms with Crippen LogP contribution in [0.2, 0.25) is 10.0 Å². The first-order chi connectivity index (χ1) is 17.4. The van der Waals surface area contributed by atoms with Gasteiger partial charge in [0.15, 0.2) is 5.69 Å². The van der Waals surface area contributed by atoms with E-state index in [1.807, 2.05) is 12.1 Å². The zero-order chi connectivity index (χ0) is 25.2. The number of para-hydroxylation sites is 1. The summed E-state index contributed by atoms with van der Waals surface area (Å²) in [7, 11) is 0. The lowest BCUT2D eigenvalue weighted by molar-refractivity contribution is 0.0948. The van der Waals surface area contributed by atoms with Gasteiger partial charge in [0.1, 0.15) is 0 Å². The third kappa shape index (κ3) is 4.62. The number of fused-ring (bicyclic) bond motifs is 1. The maximum atomic E-state index is 13.2. The molecule has 1 amide bonds. The van der Waals surface area contributed by atoms with Crippen LogP contribution in [0.25, 0.3) is 5.82 Å². The first-order valence-corrected chi connectivity index (χ1v) is 11.8. The van der Waals surface area contributed by atoms with E-state index >= 15 is 0 Å². The topological polar surface area (TPSA) is 140 Å². The minimum absolute atomic E-state index is 0.0284. The average molecular weight is 526 g/mol. The Balaban J connectivity index is 1.47. The number of anilines is 2. The van der Waals surface area contributed by atoms with Crippen molar-refractivity contribution >= 4 is 46.3 Å². The molecule has 2 aromatic carbocycles. The van der Waals surface area contributed by atoms with E-state index in [2.05, 4.69) is 48.2 Å². The molecule has 0 bridgehead atoms. The van der Waals surface area contributed by atoms with E-state index in [1.165, 1.54) is 10.2 Å². The number of carbonyl (C=O) groups is 1. The number of amides is 1. The predicted octanol–water partition coefficient (Wildman–Crippen LogP) is 3.65. The van der Waals surface area contributed by atoms with Gasteiger partial charge in [-0.1, -0.05) is 52.7 Å².